The SMILES string of the molecule is O=C(NCc1ccccc1)C(=O)[C@H](C[C@@H]1CCNC1=O)NC(=O)[C@@H]1CC(C2CC2)CN1C(=O)c1cc2ccccc2[nH]1. The van der Waals surface area contributed by atoms with E-state index in [4.69, 9.17) is 0 Å². The summed E-state index contributed by atoms with van der Waals surface area (Å²) in [4.78, 5) is 71.0. The maximum Gasteiger partial charge on any atom is 0.289 e. The van der Waals surface area contributed by atoms with E-state index in [2.05, 4.69) is 20.9 Å². The lowest BCUT2D eigenvalue weighted by Gasteiger charge is -2.26. The van der Waals surface area contributed by atoms with Crippen molar-refractivity contribution < 1.29 is 24.0 Å². The van der Waals surface area contributed by atoms with Crippen LogP contribution in [0.25, 0.3) is 10.9 Å². The fourth-order valence-corrected chi connectivity index (χ4v) is 6.27. The molecular formula is C32H35N5O5. The summed E-state index contributed by atoms with van der Waals surface area (Å²) in [7, 11) is 0. The van der Waals surface area contributed by atoms with Crippen LogP contribution in [0, 0.1) is 17.8 Å². The van der Waals surface area contributed by atoms with E-state index in [0.717, 1.165) is 29.3 Å². The van der Waals surface area contributed by atoms with E-state index in [1.165, 1.54) is 0 Å². The zero-order valence-corrected chi connectivity index (χ0v) is 23.3. The van der Waals surface area contributed by atoms with Crippen molar-refractivity contribution in [3.63, 3.8) is 0 Å². The molecule has 1 saturated carbocycles. The molecule has 1 aliphatic carbocycles. The van der Waals surface area contributed by atoms with Crippen LogP contribution in [-0.4, -0.2) is 64.5 Å². The Labute approximate surface area is 243 Å². The van der Waals surface area contributed by atoms with Crippen LogP contribution in [0.4, 0.5) is 0 Å². The van der Waals surface area contributed by atoms with E-state index < -0.39 is 35.6 Å². The van der Waals surface area contributed by atoms with Gasteiger partial charge in [-0.2, -0.15) is 0 Å². The number of nitrogens with one attached hydrogen (secondary N) is 4. The minimum Gasteiger partial charge on any atom is -0.356 e. The van der Waals surface area contributed by atoms with Crippen LogP contribution in [0.5, 0.6) is 0 Å². The monoisotopic (exact) mass is 569 g/mol. The summed E-state index contributed by atoms with van der Waals surface area (Å²) < 4.78 is 0. The summed E-state index contributed by atoms with van der Waals surface area (Å²) >= 11 is 0. The molecule has 3 fully saturated rings. The Kier molecular flexibility index (Phi) is 7.78. The molecule has 2 aromatic carbocycles. The number of fused-ring (bicyclic) bond motifs is 1. The summed E-state index contributed by atoms with van der Waals surface area (Å²) in [5.41, 5.74) is 2.07. The minimum atomic E-state index is -1.19. The molecule has 0 bridgehead atoms. The second-order valence-corrected chi connectivity index (χ2v) is 11.7. The molecule has 4 atom stereocenters. The topological polar surface area (TPSA) is 140 Å². The molecule has 1 unspecified atom stereocenters. The Hall–Kier alpha value is -4.47. The van der Waals surface area contributed by atoms with Crippen LogP contribution in [0.3, 0.4) is 0 Å². The standard InChI is InChI=1S/C32H35N5O5/c38-28(31(41)34-17-19-6-2-1-3-7-19)25(15-22-12-13-33-29(22)39)36-30(40)27-16-23(20-10-11-20)18-37(27)32(42)26-14-21-8-4-5-9-24(21)35-26/h1-9,14,20,22-23,25,27,35H,10-13,15-18H2,(H,33,39)(H,34,41)(H,36,40)/t22-,23?,25-,27-/m0/s1. The number of carbonyl (C=O) groups is 5. The molecule has 1 aromatic heterocycles. The van der Waals surface area contributed by atoms with Crippen molar-refractivity contribution in [2.75, 3.05) is 13.1 Å². The van der Waals surface area contributed by atoms with Gasteiger partial charge in [-0.1, -0.05) is 48.5 Å². The van der Waals surface area contributed by atoms with Gasteiger partial charge in [0.1, 0.15) is 11.7 Å². The number of nitrogens with zero attached hydrogens (tertiary/aromatic N) is 1. The van der Waals surface area contributed by atoms with Gasteiger partial charge in [0.05, 0.1) is 6.04 Å². The third-order valence-corrected chi connectivity index (χ3v) is 8.78. The van der Waals surface area contributed by atoms with E-state index in [1.807, 2.05) is 54.6 Å². The van der Waals surface area contributed by atoms with Gasteiger partial charge in [-0.3, -0.25) is 24.0 Å². The number of carbonyl (C=O) groups excluding carboxylic acids is 5. The first kappa shape index (κ1) is 27.7. The Morgan fingerprint density at radius 1 is 0.952 bits per heavy atom. The molecule has 3 aromatic rings. The van der Waals surface area contributed by atoms with Gasteiger partial charge in [0.15, 0.2) is 0 Å². The Morgan fingerprint density at radius 2 is 1.71 bits per heavy atom. The van der Waals surface area contributed by atoms with E-state index in [-0.39, 0.29) is 30.7 Å². The van der Waals surface area contributed by atoms with Crippen LogP contribution >= 0.6 is 0 Å². The quantitative estimate of drug-likeness (QED) is 0.278. The number of hydrogen-bond acceptors (Lipinski definition) is 5. The van der Waals surface area contributed by atoms with Gasteiger partial charge in [0.2, 0.25) is 17.6 Å². The number of amides is 4. The fourth-order valence-electron chi connectivity index (χ4n) is 6.27. The third kappa shape index (κ3) is 5.93. The number of rotatable bonds is 10. The molecule has 0 spiro atoms. The molecule has 4 N–H and O–H groups in total. The predicted molar refractivity (Wildman–Crippen MR) is 155 cm³/mol. The van der Waals surface area contributed by atoms with Crippen molar-refractivity contribution >= 4 is 40.3 Å². The summed E-state index contributed by atoms with van der Waals surface area (Å²) in [5, 5.41) is 9.09. The third-order valence-electron chi connectivity index (χ3n) is 8.78. The average Bonchev–Trinajstić information content (AvgIpc) is 3.41. The highest BCUT2D eigenvalue weighted by Crippen LogP contribution is 2.43. The number of aromatic nitrogens is 1. The molecule has 4 amide bonds. The van der Waals surface area contributed by atoms with Gasteiger partial charge in [-0.15, -0.1) is 0 Å². The number of hydrogen-bond donors (Lipinski definition) is 4. The summed E-state index contributed by atoms with van der Waals surface area (Å²) in [6.45, 7) is 1.10. The van der Waals surface area contributed by atoms with Crippen LogP contribution in [0.2, 0.25) is 0 Å². The molecule has 3 heterocycles. The van der Waals surface area contributed by atoms with E-state index in [0.29, 0.717) is 37.5 Å². The predicted octanol–water partition coefficient (Wildman–Crippen LogP) is 2.31. The number of aromatic amines is 1. The number of likely N-dealkylation sites (tertiary alicyclic amines) is 1. The Bertz CT molecular complexity index is 1480. The van der Waals surface area contributed by atoms with E-state index in [1.54, 1.807) is 11.0 Å². The number of benzene rings is 2. The van der Waals surface area contributed by atoms with Gasteiger partial charge in [-0.05, 0) is 61.6 Å². The van der Waals surface area contributed by atoms with Crippen molar-refractivity contribution in [1.29, 1.82) is 0 Å². The first-order valence-electron chi connectivity index (χ1n) is 14.7. The first-order chi connectivity index (χ1) is 20.4. The number of H-pyrrole nitrogens is 1. The van der Waals surface area contributed by atoms with Gasteiger partial charge < -0.3 is 25.8 Å². The fraction of sp³-hybridized carbons (Fsp3) is 0.406. The number of ketones is 1. The van der Waals surface area contributed by atoms with Crippen LogP contribution in [0.15, 0.2) is 60.7 Å². The summed E-state index contributed by atoms with van der Waals surface area (Å²) in [6, 6.07) is 16.6. The maximum atomic E-state index is 13.8. The largest absolute Gasteiger partial charge is 0.356 e. The molecule has 10 heteroatoms. The zero-order valence-electron chi connectivity index (χ0n) is 23.3. The van der Waals surface area contributed by atoms with Crippen LogP contribution in [0.1, 0.15) is 48.2 Å². The molecule has 218 valence electrons. The van der Waals surface area contributed by atoms with Gasteiger partial charge >= 0.3 is 0 Å². The van der Waals surface area contributed by atoms with E-state index in [9.17, 15) is 24.0 Å². The molecule has 0 radical (unpaired) electrons. The molecule has 6 rings (SSSR count). The lowest BCUT2D eigenvalue weighted by Crippen LogP contribution is -2.54. The van der Waals surface area contributed by atoms with E-state index >= 15 is 0 Å². The van der Waals surface area contributed by atoms with Crippen molar-refractivity contribution in [2.45, 2.75) is 50.7 Å². The highest BCUT2D eigenvalue weighted by molar-refractivity contribution is 6.38. The summed E-state index contributed by atoms with van der Waals surface area (Å²) in [6.07, 6.45) is 3.18. The normalized spacial score (nSPS) is 22.5. The number of Topliss-reactive ketones (excluding diaryl/α,β-unsaturated/α-hetero) is 1. The van der Waals surface area contributed by atoms with Crippen LogP contribution < -0.4 is 16.0 Å². The summed E-state index contributed by atoms with van der Waals surface area (Å²) in [5.74, 6) is -2.39. The van der Waals surface area contributed by atoms with Gasteiger partial charge in [-0.25, -0.2) is 0 Å². The Morgan fingerprint density at radius 3 is 2.43 bits per heavy atom. The van der Waals surface area contributed by atoms with Crippen molar-refractivity contribution in [1.82, 2.24) is 25.8 Å². The zero-order chi connectivity index (χ0) is 29.2. The molecule has 2 aliphatic heterocycles. The second kappa shape index (κ2) is 11.8. The molecule has 3 aliphatic rings. The first-order valence-corrected chi connectivity index (χ1v) is 14.7. The van der Waals surface area contributed by atoms with Crippen molar-refractivity contribution in [3.05, 3.63) is 71.9 Å². The van der Waals surface area contributed by atoms with Gasteiger partial charge in [0, 0.05) is 36.5 Å². The van der Waals surface area contributed by atoms with Gasteiger partial charge in [0.25, 0.3) is 11.8 Å². The van der Waals surface area contributed by atoms with Crippen molar-refractivity contribution in [2.24, 2.45) is 17.8 Å². The molecule has 42 heavy (non-hydrogen) atoms. The average molecular weight is 570 g/mol. The van der Waals surface area contributed by atoms with Crippen LogP contribution in [-0.2, 0) is 25.7 Å². The van der Waals surface area contributed by atoms with Crippen molar-refractivity contribution in [3.8, 4) is 0 Å². The highest BCUT2D eigenvalue weighted by Gasteiger charge is 2.46. The highest BCUT2D eigenvalue weighted by atomic mass is 16.2. The smallest absolute Gasteiger partial charge is 0.289 e. The molecule has 2 saturated heterocycles. The lowest BCUT2D eigenvalue weighted by molar-refractivity contribution is -0.141. The maximum absolute atomic E-state index is 13.8. The second-order valence-electron chi connectivity index (χ2n) is 11.7. The number of para-hydroxylation sites is 1. The minimum absolute atomic E-state index is 0.0178. The lowest BCUT2D eigenvalue weighted by atomic mass is 9.94. The molecular weight excluding hydrogens is 534 g/mol. The Balaban J connectivity index is 1.20. The molecule has 10 nitrogen and oxygen atoms in total.